The molecule has 0 saturated carbocycles. The Labute approximate surface area is 119 Å². The van der Waals surface area contributed by atoms with Gasteiger partial charge in [-0.2, -0.15) is 8.42 Å². The molecule has 1 aliphatic heterocycles. The van der Waals surface area contributed by atoms with Gasteiger partial charge in [0.1, 0.15) is 18.7 Å². The van der Waals surface area contributed by atoms with Gasteiger partial charge >= 0.3 is 16.3 Å². The average molecular weight is 301 g/mol. The molecule has 112 valence electrons. The number of hydrogen-bond acceptors (Lipinski definition) is 4. The summed E-state index contributed by atoms with van der Waals surface area (Å²) in [6.45, 7) is 8.61. The quantitative estimate of drug-likeness (QED) is 0.479. The molecule has 0 fully saturated rings. The second-order valence-corrected chi connectivity index (χ2v) is 6.77. The predicted molar refractivity (Wildman–Crippen MR) is 75.0 cm³/mol. The third-order valence-electron chi connectivity index (χ3n) is 2.11. The van der Waals surface area contributed by atoms with Crippen LogP contribution in [0.2, 0.25) is 0 Å². The summed E-state index contributed by atoms with van der Waals surface area (Å²) in [6.07, 6.45) is 4.71. The molecule has 1 N–H and O–H groups in total. The standard InChI is InChI=1S/C12H19N3O4S/c1-12(2,3)19-11(16)13-20(17,18)15-8-6-10(7-9-15)14(4)5/h6-9H,4H2,1-3,5H3,(H,13,16). The van der Waals surface area contributed by atoms with Crippen LogP contribution < -0.4 is 4.72 Å². The van der Waals surface area contributed by atoms with Gasteiger partial charge in [-0.05, 0) is 20.8 Å². The van der Waals surface area contributed by atoms with Gasteiger partial charge in [0.05, 0.1) is 6.72 Å². The molecule has 1 heterocycles. The summed E-state index contributed by atoms with van der Waals surface area (Å²) in [5.41, 5.74) is -0.773. The highest BCUT2D eigenvalue weighted by Crippen LogP contribution is 2.15. The van der Waals surface area contributed by atoms with Crippen LogP contribution in [0.1, 0.15) is 20.8 Å². The molecule has 8 heteroatoms. The molecule has 0 saturated heterocycles. The zero-order valence-electron chi connectivity index (χ0n) is 12.0. The molecule has 0 aliphatic carbocycles. The molecule has 1 rings (SSSR count). The normalized spacial score (nSPS) is 15.2. The highest BCUT2D eigenvalue weighted by Gasteiger charge is 2.23. The van der Waals surface area contributed by atoms with Crippen molar-refractivity contribution in [3.05, 3.63) is 30.6 Å². The monoisotopic (exact) mass is 301 g/mol. The number of hydrogen-bond donors (Lipinski definition) is 1. The van der Waals surface area contributed by atoms with Gasteiger partial charge in [-0.1, -0.05) is 24.6 Å². The van der Waals surface area contributed by atoms with Crippen LogP contribution in [0, 0.1) is 6.04 Å². The van der Waals surface area contributed by atoms with E-state index < -0.39 is 21.9 Å². The van der Waals surface area contributed by atoms with E-state index in [4.69, 9.17) is 4.74 Å². The summed E-state index contributed by atoms with van der Waals surface area (Å²) in [4.78, 5) is 11.5. The van der Waals surface area contributed by atoms with Gasteiger partial charge in [-0.25, -0.2) is 9.52 Å². The minimum absolute atomic E-state index is 0.730. The van der Waals surface area contributed by atoms with Crippen LogP contribution in [0.3, 0.4) is 0 Å². The number of likely N-dealkylation sites (N-methyl/N-ethyl adjacent to an activating group) is 1. The number of nitrogens with one attached hydrogen (secondary N) is 1. The lowest BCUT2D eigenvalue weighted by atomic mass is 10.2. The zero-order valence-corrected chi connectivity index (χ0v) is 12.8. The van der Waals surface area contributed by atoms with Crippen LogP contribution in [-0.2, 0) is 14.9 Å². The number of carbonyl (C=O) groups is 1. The highest BCUT2D eigenvalue weighted by atomic mass is 32.2. The Morgan fingerprint density at radius 1 is 1.35 bits per heavy atom. The van der Waals surface area contributed by atoms with Gasteiger partial charge in [-0.3, -0.25) is 4.58 Å². The van der Waals surface area contributed by atoms with E-state index in [1.54, 1.807) is 44.5 Å². The highest BCUT2D eigenvalue weighted by molar-refractivity contribution is 7.87. The van der Waals surface area contributed by atoms with Crippen molar-refractivity contribution >= 4 is 23.0 Å². The molecule has 7 nitrogen and oxygen atoms in total. The number of amides is 1. The predicted octanol–water partition coefficient (Wildman–Crippen LogP) is 0.974. The summed E-state index contributed by atoms with van der Waals surface area (Å²) < 4.78 is 33.0. The molecule has 0 unspecified atom stereocenters. The average Bonchev–Trinajstić information content (AvgIpc) is 2.25. The molecule has 0 spiro atoms. The topological polar surface area (TPSA) is 78.7 Å². The molecule has 0 aromatic rings. The fourth-order valence-corrected chi connectivity index (χ4v) is 2.08. The number of rotatable bonds is 3. The van der Waals surface area contributed by atoms with Gasteiger partial charge in [0.25, 0.3) is 0 Å². The number of ether oxygens (including phenoxy) is 1. The minimum atomic E-state index is -4.02. The van der Waals surface area contributed by atoms with E-state index in [9.17, 15) is 13.2 Å². The molecule has 0 atom stereocenters. The molecule has 1 aliphatic rings. The molecule has 0 bridgehead atoms. The number of nitrogens with zero attached hydrogens (tertiary/aromatic N) is 2. The van der Waals surface area contributed by atoms with E-state index in [0.717, 1.165) is 10.3 Å². The maximum Gasteiger partial charge on any atom is 0.422 e. The summed E-state index contributed by atoms with van der Waals surface area (Å²) >= 11 is 0. The molecule has 20 heavy (non-hydrogen) atoms. The van der Waals surface area contributed by atoms with Gasteiger partial charge in [-0.15, -0.1) is 0 Å². The van der Waals surface area contributed by atoms with E-state index in [1.165, 1.54) is 12.4 Å². The summed E-state index contributed by atoms with van der Waals surface area (Å²) in [6, 6.07) is 0.730. The fourth-order valence-electron chi connectivity index (χ4n) is 1.28. The van der Waals surface area contributed by atoms with Crippen LogP contribution in [-0.4, -0.2) is 42.8 Å². The van der Waals surface area contributed by atoms with Gasteiger partial charge in [0.15, 0.2) is 0 Å². The van der Waals surface area contributed by atoms with Crippen molar-refractivity contribution in [1.82, 2.24) is 9.03 Å². The van der Waals surface area contributed by atoms with Crippen LogP contribution in [0.5, 0.6) is 0 Å². The second-order valence-electron chi connectivity index (χ2n) is 5.19. The Bertz CT molecular complexity index is 544. The Morgan fingerprint density at radius 2 is 1.85 bits per heavy atom. The molecule has 0 aromatic heterocycles. The lowest BCUT2D eigenvalue weighted by molar-refractivity contribution is -0.457. The largest absolute Gasteiger partial charge is 0.443 e. The van der Waals surface area contributed by atoms with Gasteiger partial charge in [0.2, 0.25) is 0 Å². The third kappa shape index (κ3) is 4.61. The van der Waals surface area contributed by atoms with Crippen molar-refractivity contribution in [2.45, 2.75) is 26.4 Å². The first-order valence-corrected chi connectivity index (χ1v) is 7.27. The first-order valence-electron chi connectivity index (χ1n) is 5.83. The Hall–Kier alpha value is -1.96. The molecule has 0 aromatic carbocycles. The Kier molecular flexibility index (Phi) is 4.49. The Balaban J connectivity index is 2.72. The first kappa shape index (κ1) is 16.1. The van der Waals surface area contributed by atoms with Crippen molar-refractivity contribution in [3.8, 4) is 0 Å². The fraction of sp³-hybridized carbons (Fsp3) is 0.417. The van der Waals surface area contributed by atoms with Crippen molar-refractivity contribution < 1.29 is 22.5 Å². The SMILES string of the molecule is C=[N+](C)[C-]1C=CN(S(=O)(=O)NC(=O)OC(C)(C)C)C=C1. The lowest BCUT2D eigenvalue weighted by Crippen LogP contribution is -2.42. The minimum Gasteiger partial charge on any atom is -0.443 e. The van der Waals surface area contributed by atoms with Crippen molar-refractivity contribution in [2.75, 3.05) is 7.05 Å². The molecular weight excluding hydrogens is 282 g/mol. The summed E-state index contributed by atoms with van der Waals surface area (Å²) in [7, 11) is -2.29. The van der Waals surface area contributed by atoms with E-state index in [-0.39, 0.29) is 0 Å². The second kappa shape index (κ2) is 5.58. The van der Waals surface area contributed by atoms with Crippen LogP contribution >= 0.6 is 0 Å². The van der Waals surface area contributed by atoms with E-state index in [0.29, 0.717) is 0 Å². The van der Waals surface area contributed by atoms with Crippen molar-refractivity contribution in [1.29, 1.82) is 0 Å². The van der Waals surface area contributed by atoms with Crippen LogP contribution in [0.25, 0.3) is 0 Å². The van der Waals surface area contributed by atoms with Crippen molar-refractivity contribution in [3.63, 3.8) is 0 Å². The maximum atomic E-state index is 11.9. The van der Waals surface area contributed by atoms with E-state index in [1.807, 2.05) is 4.72 Å². The zero-order chi connectivity index (χ0) is 15.6. The molecular formula is C12H19N3O4S. The van der Waals surface area contributed by atoms with Crippen LogP contribution in [0.4, 0.5) is 4.79 Å². The first-order chi connectivity index (χ1) is 9.01. The van der Waals surface area contributed by atoms with E-state index in [2.05, 4.69) is 6.72 Å². The third-order valence-corrected chi connectivity index (χ3v) is 3.34. The summed E-state index contributed by atoms with van der Waals surface area (Å²) in [5, 5.41) is 0. The van der Waals surface area contributed by atoms with Crippen molar-refractivity contribution in [2.24, 2.45) is 0 Å². The van der Waals surface area contributed by atoms with Crippen LogP contribution in [0.15, 0.2) is 24.6 Å². The molecule has 0 radical (unpaired) electrons. The van der Waals surface area contributed by atoms with Gasteiger partial charge < -0.3 is 9.04 Å². The summed E-state index contributed by atoms with van der Waals surface area (Å²) in [5.74, 6) is 0. The van der Waals surface area contributed by atoms with E-state index >= 15 is 0 Å². The lowest BCUT2D eigenvalue weighted by Gasteiger charge is -2.26. The van der Waals surface area contributed by atoms with Gasteiger partial charge in [0, 0.05) is 0 Å². The molecule has 1 amide bonds. The Morgan fingerprint density at radius 3 is 2.25 bits per heavy atom. The number of carbonyl (C=O) groups excluding carboxylic acids is 1. The maximum absolute atomic E-state index is 11.9. The smallest absolute Gasteiger partial charge is 0.422 e.